The lowest BCUT2D eigenvalue weighted by atomic mass is 10.3. The van der Waals surface area contributed by atoms with E-state index in [2.05, 4.69) is 4.99 Å². The van der Waals surface area contributed by atoms with Gasteiger partial charge in [-0.1, -0.05) is 30.0 Å². The zero-order valence-electron chi connectivity index (χ0n) is 10.2. The standard InChI is InChI=1S/C13H16N2O2S/c1-2-15-12(17)11(8-9-16)18-13(15)14-10-6-4-3-5-7-10/h3-7,11,16H,2,8-9H2,1H3. The van der Waals surface area contributed by atoms with Crippen molar-refractivity contribution >= 4 is 28.5 Å². The van der Waals surface area contributed by atoms with Crippen LogP contribution in [-0.4, -0.2) is 39.5 Å². The van der Waals surface area contributed by atoms with Crippen LogP contribution in [0.3, 0.4) is 0 Å². The Morgan fingerprint density at radius 1 is 1.39 bits per heavy atom. The number of rotatable bonds is 4. The molecule has 5 heteroatoms. The Kier molecular flexibility index (Phi) is 4.38. The van der Waals surface area contributed by atoms with Gasteiger partial charge in [-0.25, -0.2) is 4.99 Å². The van der Waals surface area contributed by atoms with E-state index in [9.17, 15) is 4.79 Å². The van der Waals surface area contributed by atoms with Gasteiger partial charge in [0.25, 0.3) is 0 Å². The molecular weight excluding hydrogens is 248 g/mol. The molecule has 4 nitrogen and oxygen atoms in total. The molecule has 1 fully saturated rings. The molecular formula is C13H16N2O2S. The van der Waals surface area contributed by atoms with Gasteiger partial charge < -0.3 is 5.11 Å². The van der Waals surface area contributed by atoms with Crippen molar-refractivity contribution in [3.8, 4) is 0 Å². The number of amides is 1. The predicted molar refractivity (Wildman–Crippen MR) is 74.0 cm³/mol. The Morgan fingerprint density at radius 2 is 2.11 bits per heavy atom. The number of carbonyl (C=O) groups excluding carboxylic acids is 1. The number of aliphatic imine (C=N–C) groups is 1. The molecule has 18 heavy (non-hydrogen) atoms. The lowest BCUT2D eigenvalue weighted by molar-refractivity contribution is -0.126. The summed E-state index contributed by atoms with van der Waals surface area (Å²) in [6.07, 6.45) is 0.480. The summed E-state index contributed by atoms with van der Waals surface area (Å²) in [5.74, 6) is 0.0474. The van der Waals surface area contributed by atoms with Crippen molar-refractivity contribution in [2.45, 2.75) is 18.6 Å². The molecule has 96 valence electrons. The Hall–Kier alpha value is -1.33. The summed E-state index contributed by atoms with van der Waals surface area (Å²) >= 11 is 1.44. The Balaban J connectivity index is 2.22. The number of thioether (sulfide) groups is 1. The van der Waals surface area contributed by atoms with Gasteiger partial charge in [-0.3, -0.25) is 9.69 Å². The number of aliphatic hydroxyl groups excluding tert-OH is 1. The highest BCUT2D eigenvalue weighted by molar-refractivity contribution is 8.15. The van der Waals surface area contributed by atoms with Crippen molar-refractivity contribution in [3.63, 3.8) is 0 Å². The van der Waals surface area contributed by atoms with Gasteiger partial charge in [0.15, 0.2) is 5.17 Å². The molecule has 1 aliphatic rings. The summed E-state index contributed by atoms with van der Waals surface area (Å²) in [4.78, 5) is 18.2. The maximum absolute atomic E-state index is 12.0. The van der Waals surface area contributed by atoms with E-state index in [1.165, 1.54) is 11.8 Å². The van der Waals surface area contributed by atoms with E-state index in [0.29, 0.717) is 13.0 Å². The van der Waals surface area contributed by atoms with E-state index in [1.54, 1.807) is 4.90 Å². The molecule has 0 bridgehead atoms. The molecule has 0 aliphatic carbocycles. The normalized spacial score (nSPS) is 21.9. The number of hydrogen-bond acceptors (Lipinski definition) is 4. The van der Waals surface area contributed by atoms with Gasteiger partial charge >= 0.3 is 0 Å². The zero-order chi connectivity index (χ0) is 13.0. The molecule has 1 aromatic carbocycles. The molecule has 1 aromatic rings. The van der Waals surface area contributed by atoms with Crippen molar-refractivity contribution < 1.29 is 9.90 Å². The second-order valence-corrected chi connectivity index (χ2v) is 5.10. The topological polar surface area (TPSA) is 52.9 Å². The molecule has 1 saturated heterocycles. The Bertz CT molecular complexity index is 448. The molecule has 0 saturated carbocycles. The van der Waals surface area contributed by atoms with Gasteiger partial charge in [-0.2, -0.15) is 0 Å². The van der Waals surface area contributed by atoms with Crippen LogP contribution in [0.4, 0.5) is 5.69 Å². The monoisotopic (exact) mass is 264 g/mol. The fraction of sp³-hybridized carbons (Fsp3) is 0.385. The van der Waals surface area contributed by atoms with Crippen molar-refractivity contribution in [1.29, 1.82) is 0 Å². The van der Waals surface area contributed by atoms with Gasteiger partial charge in [0.1, 0.15) is 0 Å². The minimum absolute atomic E-state index is 0.0274. The van der Waals surface area contributed by atoms with Gasteiger partial charge in [-0.15, -0.1) is 0 Å². The lowest BCUT2D eigenvalue weighted by Crippen LogP contribution is -2.32. The lowest BCUT2D eigenvalue weighted by Gasteiger charge is -2.13. The number of carbonyl (C=O) groups is 1. The smallest absolute Gasteiger partial charge is 0.242 e. The van der Waals surface area contributed by atoms with Crippen LogP contribution in [0.15, 0.2) is 35.3 Å². The molecule has 0 radical (unpaired) electrons. The number of nitrogens with zero attached hydrogens (tertiary/aromatic N) is 2. The van der Waals surface area contributed by atoms with Gasteiger partial charge in [0, 0.05) is 13.2 Å². The minimum Gasteiger partial charge on any atom is -0.396 e. The second kappa shape index (κ2) is 6.02. The fourth-order valence-electron chi connectivity index (χ4n) is 1.80. The fourth-order valence-corrected chi connectivity index (χ4v) is 3.01. The van der Waals surface area contributed by atoms with Gasteiger partial charge in [-0.05, 0) is 25.5 Å². The first-order valence-corrected chi connectivity index (χ1v) is 6.87. The molecule has 1 unspecified atom stereocenters. The minimum atomic E-state index is -0.197. The zero-order valence-corrected chi connectivity index (χ0v) is 11.1. The maximum atomic E-state index is 12.0. The summed E-state index contributed by atoms with van der Waals surface area (Å²) < 4.78 is 0. The van der Waals surface area contributed by atoms with E-state index in [0.717, 1.165) is 10.9 Å². The van der Waals surface area contributed by atoms with Crippen LogP contribution in [0.5, 0.6) is 0 Å². The highest BCUT2D eigenvalue weighted by Crippen LogP contribution is 2.30. The van der Waals surface area contributed by atoms with E-state index in [4.69, 9.17) is 5.11 Å². The summed E-state index contributed by atoms with van der Waals surface area (Å²) in [7, 11) is 0. The quantitative estimate of drug-likeness (QED) is 0.905. The third-order valence-electron chi connectivity index (χ3n) is 2.71. The van der Waals surface area contributed by atoms with Crippen molar-refractivity contribution in [1.82, 2.24) is 4.90 Å². The maximum Gasteiger partial charge on any atom is 0.242 e. The Morgan fingerprint density at radius 3 is 2.72 bits per heavy atom. The third kappa shape index (κ3) is 2.73. The number of benzene rings is 1. The van der Waals surface area contributed by atoms with Crippen LogP contribution in [-0.2, 0) is 4.79 Å². The van der Waals surface area contributed by atoms with Crippen LogP contribution >= 0.6 is 11.8 Å². The summed E-state index contributed by atoms with van der Waals surface area (Å²) in [5.41, 5.74) is 0.843. The van der Waals surface area contributed by atoms with E-state index in [1.807, 2.05) is 37.3 Å². The molecule has 1 heterocycles. The highest BCUT2D eigenvalue weighted by Gasteiger charge is 2.36. The number of aliphatic hydroxyl groups is 1. The first kappa shape index (κ1) is 13.1. The van der Waals surface area contributed by atoms with Gasteiger partial charge in [0.05, 0.1) is 10.9 Å². The molecule has 2 rings (SSSR count). The van der Waals surface area contributed by atoms with Crippen molar-refractivity contribution in [2.75, 3.05) is 13.2 Å². The van der Waals surface area contributed by atoms with Crippen LogP contribution in [0, 0.1) is 0 Å². The van der Waals surface area contributed by atoms with Crippen LogP contribution < -0.4 is 0 Å². The number of hydrogen-bond donors (Lipinski definition) is 1. The molecule has 1 amide bonds. The van der Waals surface area contributed by atoms with Crippen molar-refractivity contribution in [3.05, 3.63) is 30.3 Å². The van der Waals surface area contributed by atoms with E-state index < -0.39 is 0 Å². The SMILES string of the molecule is CCN1C(=O)C(CCO)SC1=Nc1ccccc1. The predicted octanol–water partition coefficient (Wildman–Crippen LogP) is 2.02. The van der Waals surface area contributed by atoms with Crippen molar-refractivity contribution in [2.24, 2.45) is 4.99 Å². The molecule has 1 N–H and O–H groups in total. The van der Waals surface area contributed by atoms with Gasteiger partial charge in [0.2, 0.25) is 5.91 Å². The molecule has 0 aromatic heterocycles. The van der Waals surface area contributed by atoms with E-state index in [-0.39, 0.29) is 17.8 Å². The Labute approximate surface area is 111 Å². The highest BCUT2D eigenvalue weighted by atomic mass is 32.2. The average Bonchev–Trinajstić information content (AvgIpc) is 2.67. The summed E-state index contributed by atoms with van der Waals surface area (Å²) in [6.45, 7) is 2.57. The molecule has 1 aliphatic heterocycles. The van der Waals surface area contributed by atoms with Crippen LogP contribution in [0.25, 0.3) is 0 Å². The largest absolute Gasteiger partial charge is 0.396 e. The summed E-state index contributed by atoms with van der Waals surface area (Å²) in [6, 6.07) is 9.59. The van der Waals surface area contributed by atoms with E-state index >= 15 is 0 Å². The molecule has 0 spiro atoms. The number of amidine groups is 1. The number of para-hydroxylation sites is 1. The molecule has 1 atom stereocenters. The van der Waals surface area contributed by atoms with Crippen LogP contribution in [0.1, 0.15) is 13.3 Å². The first-order valence-electron chi connectivity index (χ1n) is 5.99. The second-order valence-electron chi connectivity index (χ2n) is 3.93. The third-order valence-corrected chi connectivity index (χ3v) is 3.95. The van der Waals surface area contributed by atoms with Crippen LogP contribution in [0.2, 0.25) is 0 Å². The average molecular weight is 264 g/mol. The summed E-state index contributed by atoms with van der Waals surface area (Å²) in [5, 5.41) is 9.49. The first-order chi connectivity index (χ1) is 8.76.